The van der Waals surface area contributed by atoms with Crippen LogP contribution < -0.4 is 0 Å². The SMILES string of the molecule is O=C1CC(CO)=CO1. The molecule has 1 aliphatic rings. The number of ether oxygens (including phenoxy) is 1. The van der Waals surface area contributed by atoms with Crippen molar-refractivity contribution < 1.29 is 14.6 Å². The second-order valence-corrected chi connectivity index (χ2v) is 1.60. The molecule has 0 aromatic rings. The highest BCUT2D eigenvalue weighted by molar-refractivity contribution is 5.75. The summed E-state index contributed by atoms with van der Waals surface area (Å²) in [4.78, 5) is 10.2. The van der Waals surface area contributed by atoms with Crippen molar-refractivity contribution in [2.75, 3.05) is 6.61 Å². The lowest BCUT2D eigenvalue weighted by molar-refractivity contribution is -0.135. The van der Waals surface area contributed by atoms with E-state index >= 15 is 0 Å². The van der Waals surface area contributed by atoms with Gasteiger partial charge in [-0.25, -0.2) is 0 Å². The average Bonchev–Trinajstić information content (AvgIpc) is 2.14. The molecule has 0 spiro atoms. The first-order valence-corrected chi connectivity index (χ1v) is 2.31. The predicted octanol–water partition coefficient (Wildman–Crippen LogP) is -0.191. The van der Waals surface area contributed by atoms with Crippen LogP contribution in [-0.2, 0) is 9.53 Å². The molecule has 8 heavy (non-hydrogen) atoms. The Bertz CT molecular complexity index is 137. The molecule has 0 aromatic carbocycles. The largest absolute Gasteiger partial charge is 0.434 e. The van der Waals surface area contributed by atoms with Gasteiger partial charge in [0.2, 0.25) is 0 Å². The van der Waals surface area contributed by atoms with E-state index < -0.39 is 0 Å². The summed E-state index contributed by atoms with van der Waals surface area (Å²) in [5.74, 6) is -0.283. The minimum Gasteiger partial charge on any atom is -0.434 e. The topological polar surface area (TPSA) is 46.5 Å². The van der Waals surface area contributed by atoms with Crippen molar-refractivity contribution in [1.82, 2.24) is 0 Å². The van der Waals surface area contributed by atoms with Crippen molar-refractivity contribution in [2.24, 2.45) is 0 Å². The molecule has 0 atom stereocenters. The Labute approximate surface area is 46.6 Å². The van der Waals surface area contributed by atoms with Crippen LogP contribution in [0.3, 0.4) is 0 Å². The van der Waals surface area contributed by atoms with E-state index in [9.17, 15) is 4.79 Å². The standard InChI is InChI=1S/C5H6O3/c6-2-4-1-5(7)8-3-4/h3,6H,1-2H2. The van der Waals surface area contributed by atoms with Gasteiger partial charge in [-0.05, 0) is 0 Å². The molecule has 1 N–H and O–H groups in total. The highest BCUT2D eigenvalue weighted by Gasteiger charge is 2.12. The molecule has 0 aromatic heterocycles. The highest BCUT2D eigenvalue weighted by atomic mass is 16.5. The summed E-state index contributed by atoms with van der Waals surface area (Å²) in [6, 6.07) is 0. The third-order valence-electron chi connectivity index (χ3n) is 0.932. The zero-order chi connectivity index (χ0) is 5.98. The maximum Gasteiger partial charge on any atom is 0.314 e. The number of esters is 1. The second kappa shape index (κ2) is 1.96. The van der Waals surface area contributed by atoms with Crippen molar-refractivity contribution in [3.63, 3.8) is 0 Å². The molecule has 1 rings (SSSR count). The molecular formula is C5H6O3. The van der Waals surface area contributed by atoms with E-state index in [4.69, 9.17) is 5.11 Å². The zero-order valence-corrected chi connectivity index (χ0v) is 4.26. The third kappa shape index (κ3) is 0.869. The molecule has 44 valence electrons. The summed E-state index contributed by atoms with van der Waals surface area (Å²) >= 11 is 0. The van der Waals surface area contributed by atoms with Crippen LogP contribution in [0.15, 0.2) is 11.8 Å². The summed E-state index contributed by atoms with van der Waals surface area (Å²) in [6.07, 6.45) is 1.54. The normalized spacial score (nSPS) is 18.1. The number of cyclic esters (lactones) is 1. The molecule has 3 nitrogen and oxygen atoms in total. The Morgan fingerprint density at radius 1 is 1.88 bits per heavy atom. The monoisotopic (exact) mass is 114 g/mol. The van der Waals surface area contributed by atoms with Crippen LogP contribution in [0.5, 0.6) is 0 Å². The molecule has 1 heterocycles. The van der Waals surface area contributed by atoms with Crippen molar-refractivity contribution in [1.29, 1.82) is 0 Å². The van der Waals surface area contributed by atoms with Crippen molar-refractivity contribution >= 4 is 5.97 Å². The molecule has 1 aliphatic heterocycles. The minimum atomic E-state index is -0.283. The van der Waals surface area contributed by atoms with Crippen LogP contribution >= 0.6 is 0 Å². The first-order valence-electron chi connectivity index (χ1n) is 2.31. The number of hydrogen-bond donors (Lipinski definition) is 1. The van der Waals surface area contributed by atoms with Crippen molar-refractivity contribution in [3.8, 4) is 0 Å². The van der Waals surface area contributed by atoms with Gasteiger partial charge in [0.15, 0.2) is 0 Å². The Morgan fingerprint density at radius 3 is 2.88 bits per heavy atom. The number of hydrogen-bond acceptors (Lipinski definition) is 3. The maximum absolute atomic E-state index is 10.2. The van der Waals surface area contributed by atoms with Crippen LogP contribution in [0.25, 0.3) is 0 Å². The number of carbonyl (C=O) groups is 1. The molecule has 0 saturated heterocycles. The van der Waals surface area contributed by atoms with Crippen LogP contribution in [0, 0.1) is 0 Å². The van der Waals surface area contributed by atoms with Crippen LogP contribution in [0.1, 0.15) is 6.42 Å². The number of carbonyl (C=O) groups excluding carboxylic acids is 1. The Balaban J connectivity index is 2.49. The van der Waals surface area contributed by atoms with Gasteiger partial charge in [0.05, 0.1) is 19.3 Å². The second-order valence-electron chi connectivity index (χ2n) is 1.60. The van der Waals surface area contributed by atoms with Gasteiger partial charge in [-0.3, -0.25) is 4.79 Å². The first-order chi connectivity index (χ1) is 3.83. The van der Waals surface area contributed by atoms with Gasteiger partial charge in [0, 0.05) is 5.57 Å². The lowest BCUT2D eigenvalue weighted by Crippen LogP contribution is -1.92. The van der Waals surface area contributed by atoms with Crippen LogP contribution in [0.2, 0.25) is 0 Å². The summed E-state index contributed by atoms with van der Waals surface area (Å²) in [7, 11) is 0. The van der Waals surface area contributed by atoms with Gasteiger partial charge in [-0.1, -0.05) is 0 Å². The molecule has 0 bridgehead atoms. The summed E-state index contributed by atoms with van der Waals surface area (Å²) in [5, 5.41) is 8.38. The van der Waals surface area contributed by atoms with E-state index in [-0.39, 0.29) is 19.0 Å². The summed E-state index contributed by atoms with van der Waals surface area (Å²) < 4.78 is 4.40. The Morgan fingerprint density at radius 2 is 2.62 bits per heavy atom. The fraction of sp³-hybridized carbons (Fsp3) is 0.400. The van der Waals surface area contributed by atoms with E-state index in [1.54, 1.807) is 0 Å². The van der Waals surface area contributed by atoms with E-state index in [0.29, 0.717) is 5.57 Å². The fourth-order valence-electron chi connectivity index (χ4n) is 0.511. The fourth-order valence-corrected chi connectivity index (χ4v) is 0.511. The van der Waals surface area contributed by atoms with Gasteiger partial charge in [-0.15, -0.1) is 0 Å². The van der Waals surface area contributed by atoms with Crippen molar-refractivity contribution in [2.45, 2.75) is 6.42 Å². The maximum atomic E-state index is 10.2. The van der Waals surface area contributed by atoms with Gasteiger partial charge in [0.25, 0.3) is 0 Å². The van der Waals surface area contributed by atoms with Crippen LogP contribution in [-0.4, -0.2) is 17.7 Å². The number of rotatable bonds is 1. The number of aliphatic hydroxyl groups excluding tert-OH is 1. The van der Waals surface area contributed by atoms with E-state index in [2.05, 4.69) is 4.74 Å². The summed E-state index contributed by atoms with van der Waals surface area (Å²) in [5.41, 5.74) is 0.648. The van der Waals surface area contributed by atoms with Gasteiger partial charge in [-0.2, -0.15) is 0 Å². The first kappa shape index (κ1) is 5.31. The minimum absolute atomic E-state index is 0.0776. The molecule has 0 unspecified atom stereocenters. The van der Waals surface area contributed by atoms with Gasteiger partial charge < -0.3 is 9.84 Å². The lowest BCUT2D eigenvalue weighted by atomic mass is 10.2. The quantitative estimate of drug-likeness (QED) is 0.480. The summed E-state index contributed by atoms with van der Waals surface area (Å²) in [6.45, 7) is -0.0776. The van der Waals surface area contributed by atoms with E-state index in [0.717, 1.165) is 0 Å². The molecule has 0 saturated carbocycles. The van der Waals surface area contributed by atoms with E-state index in [1.165, 1.54) is 6.26 Å². The third-order valence-corrected chi connectivity index (χ3v) is 0.932. The smallest absolute Gasteiger partial charge is 0.314 e. The van der Waals surface area contributed by atoms with E-state index in [1.807, 2.05) is 0 Å². The molecule has 0 radical (unpaired) electrons. The highest BCUT2D eigenvalue weighted by Crippen LogP contribution is 2.09. The molecule has 0 aliphatic carbocycles. The lowest BCUT2D eigenvalue weighted by Gasteiger charge is -1.83. The van der Waals surface area contributed by atoms with Crippen molar-refractivity contribution in [3.05, 3.63) is 11.8 Å². The molecule has 3 heteroatoms. The average molecular weight is 114 g/mol. The molecular weight excluding hydrogens is 108 g/mol. The van der Waals surface area contributed by atoms with Crippen LogP contribution in [0.4, 0.5) is 0 Å². The Kier molecular flexibility index (Phi) is 1.30. The molecule has 0 amide bonds. The Hall–Kier alpha value is -0.830. The van der Waals surface area contributed by atoms with Gasteiger partial charge >= 0.3 is 5.97 Å². The molecule has 0 fully saturated rings. The predicted molar refractivity (Wildman–Crippen MR) is 25.9 cm³/mol. The van der Waals surface area contributed by atoms with Gasteiger partial charge in [0.1, 0.15) is 0 Å². The number of aliphatic hydroxyl groups is 1. The zero-order valence-electron chi connectivity index (χ0n) is 4.26.